The van der Waals surface area contributed by atoms with Crippen LogP contribution in [0.4, 0.5) is 0 Å². The van der Waals surface area contributed by atoms with Crippen molar-refractivity contribution in [3.05, 3.63) is 176 Å². The molecule has 3 heterocycles. The second kappa shape index (κ2) is 11.3. The summed E-state index contributed by atoms with van der Waals surface area (Å²) >= 11 is 0. The van der Waals surface area contributed by atoms with Gasteiger partial charge in [-0.1, -0.05) is 115 Å². The fraction of sp³-hybridized carbons (Fsp3) is 0.0213. The molecule has 0 unspecified atom stereocenters. The van der Waals surface area contributed by atoms with Gasteiger partial charge in [0.15, 0.2) is 0 Å². The summed E-state index contributed by atoms with van der Waals surface area (Å²) < 4.78 is 2.33. The Morgan fingerprint density at radius 2 is 1.10 bits per heavy atom. The molecule has 0 saturated carbocycles. The number of nitrogens with zero attached hydrogens (tertiary/aromatic N) is 3. The number of fused-ring (bicyclic) bond motifs is 6. The van der Waals surface area contributed by atoms with Crippen LogP contribution in [-0.2, 0) is 0 Å². The highest BCUT2D eigenvalue weighted by molar-refractivity contribution is 6.22. The quantitative estimate of drug-likeness (QED) is 0.180. The van der Waals surface area contributed by atoms with Crippen molar-refractivity contribution in [3.63, 3.8) is 0 Å². The Morgan fingerprint density at radius 1 is 0.440 bits per heavy atom. The third-order valence-electron chi connectivity index (χ3n) is 10.1. The maximum Gasteiger partial charge on any atom is 0.0970 e. The van der Waals surface area contributed by atoms with Crippen molar-refractivity contribution in [2.24, 2.45) is 0 Å². The summed E-state index contributed by atoms with van der Waals surface area (Å²) in [7, 11) is 0. The van der Waals surface area contributed by atoms with E-state index in [0.29, 0.717) is 0 Å². The van der Waals surface area contributed by atoms with Gasteiger partial charge in [0.1, 0.15) is 0 Å². The minimum Gasteiger partial charge on any atom is -0.308 e. The minimum absolute atomic E-state index is 0.944. The molecule has 10 rings (SSSR count). The van der Waals surface area contributed by atoms with E-state index in [1.54, 1.807) is 0 Å². The Labute approximate surface area is 289 Å². The van der Waals surface area contributed by atoms with Crippen LogP contribution in [0.1, 0.15) is 5.56 Å². The van der Waals surface area contributed by atoms with Gasteiger partial charge in [-0.3, -0.25) is 4.98 Å². The van der Waals surface area contributed by atoms with Gasteiger partial charge in [-0.2, -0.15) is 0 Å². The molecule has 0 aliphatic heterocycles. The van der Waals surface area contributed by atoms with Crippen molar-refractivity contribution < 1.29 is 0 Å². The lowest BCUT2D eigenvalue weighted by atomic mass is 9.85. The second-order valence-corrected chi connectivity index (χ2v) is 13.1. The molecule has 3 nitrogen and oxygen atoms in total. The lowest BCUT2D eigenvalue weighted by Crippen LogP contribution is -1.95. The molecule has 3 heteroatoms. The van der Waals surface area contributed by atoms with E-state index in [4.69, 9.17) is 4.98 Å². The molecule has 0 radical (unpaired) electrons. The van der Waals surface area contributed by atoms with Crippen LogP contribution in [0.3, 0.4) is 0 Å². The summed E-state index contributed by atoms with van der Waals surface area (Å²) in [6, 6.07) is 57.2. The second-order valence-electron chi connectivity index (χ2n) is 13.1. The number of aryl methyl sites for hydroxylation is 1. The molecule has 3 aromatic heterocycles. The Kier molecular flexibility index (Phi) is 6.40. The van der Waals surface area contributed by atoms with Gasteiger partial charge < -0.3 is 4.57 Å². The van der Waals surface area contributed by atoms with Crippen molar-refractivity contribution in [3.8, 4) is 39.2 Å². The topological polar surface area (TPSA) is 30.7 Å². The molecule has 50 heavy (non-hydrogen) atoms. The molecule has 0 bridgehead atoms. The Bertz CT molecular complexity index is 2920. The maximum atomic E-state index is 5.16. The van der Waals surface area contributed by atoms with Gasteiger partial charge in [0.05, 0.1) is 22.2 Å². The number of hydrogen-bond donors (Lipinski definition) is 0. The Hall–Kier alpha value is -6.58. The van der Waals surface area contributed by atoms with Crippen molar-refractivity contribution >= 4 is 54.3 Å². The van der Waals surface area contributed by atoms with E-state index in [1.807, 2.05) is 24.5 Å². The summed E-state index contributed by atoms with van der Waals surface area (Å²) in [5, 5.41) is 8.70. The smallest absolute Gasteiger partial charge is 0.0970 e. The van der Waals surface area contributed by atoms with Gasteiger partial charge >= 0.3 is 0 Å². The van der Waals surface area contributed by atoms with Gasteiger partial charge in [0.2, 0.25) is 0 Å². The zero-order valence-electron chi connectivity index (χ0n) is 27.5. The summed E-state index contributed by atoms with van der Waals surface area (Å²) in [6.45, 7) is 2.19. The van der Waals surface area contributed by atoms with Crippen LogP contribution in [0.5, 0.6) is 0 Å². The van der Waals surface area contributed by atoms with Gasteiger partial charge in [-0.15, -0.1) is 0 Å². The van der Waals surface area contributed by atoms with Crippen molar-refractivity contribution in [1.82, 2.24) is 14.5 Å². The van der Waals surface area contributed by atoms with Crippen molar-refractivity contribution in [2.75, 3.05) is 0 Å². The molecule has 234 valence electrons. The number of hydrogen-bond acceptors (Lipinski definition) is 2. The highest BCUT2D eigenvalue weighted by Crippen LogP contribution is 2.45. The average Bonchev–Trinajstić information content (AvgIpc) is 3.51. The fourth-order valence-electron chi connectivity index (χ4n) is 7.83. The molecular weight excluding hydrogens is 607 g/mol. The molecule has 0 spiro atoms. The highest BCUT2D eigenvalue weighted by atomic mass is 15.0. The standard InChI is InChI=1S/C47H31N3/c1-30-14-21-39-41(28-30)45(37-10-4-5-11-38(37)46(39)35-16-15-31-8-2-3-9-34(31)29-35)33-17-19-36(20-18-33)50-43-13-7-6-12-40(43)47-44(50)23-22-42(49-47)32-24-26-48-27-25-32/h2-29H,1H3. The summed E-state index contributed by atoms with van der Waals surface area (Å²) in [5.41, 5.74) is 12.6. The lowest BCUT2D eigenvalue weighted by molar-refractivity contribution is 1.18. The minimum atomic E-state index is 0.944. The molecule has 0 atom stereocenters. The number of benzene rings is 7. The number of aromatic nitrogens is 3. The van der Waals surface area contributed by atoms with E-state index in [0.717, 1.165) is 38.9 Å². The van der Waals surface area contributed by atoms with Gasteiger partial charge in [-0.05, 0) is 110 Å². The molecule has 0 aliphatic rings. The first-order chi connectivity index (χ1) is 24.7. The summed E-state index contributed by atoms with van der Waals surface area (Å²) in [6.07, 6.45) is 3.63. The van der Waals surface area contributed by atoms with Crippen LogP contribution in [-0.4, -0.2) is 14.5 Å². The van der Waals surface area contributed by atoms with E-state index in [-0.39, 0.29) is 0 Å². The molecule has 0 fully saturated rings. The van der Waals surface area contributed by atoms with Crippen LogP contribution in [0.15, 0.2) is 170 Å². The first-order valence-corrected chi connectivity index (χ1v) is 17.1. The molecular formula is C47H31N3. The predicted molar refractivity (Wildman–Crippen MR) is 210 cm³/mol. The summed E-state index contributed by atoms with van der Waals surface area (Å²) in [5.74, 6) is 0. The largest absolute Gasteiger partial charge is 0.308 e. The third kappa shape index (κ3) is 4.44. The molecule has 0 saturated heterocycles. The molecule has 0 N–H and O–H groups in total. The SMILES string of the molecule is Cc1ccc2c(-c3ccc4ccccc4c3)c3ccccc3c(-c3ccc(-n4c5ccccc5c5nc(-c6ccncc6)ccc54)cc3)c2c1. The summed E-state index contributed by atoms with van der Waals surface area (Å²) in [4.78, 5) is 9.35. The monoisotopic (exact) mass is 637 g/mol. The Balaban J connectivity index is 1.17. The van der Waals surface area contributed by atoms with Crippen LogP contribution >= 0.6 is 0 Å². The van der Waals surface area contributed by atoms with Gasteiger partial charge in [-0.25, -0.2) is 4.98 Å². The van der Waals surface area contributed by atoms with E-state index < -0.39 is 0 Å². The van der Waals surface area contributed by atoms with E-state index in [9.17, 15) is 0 Å². The maximum absolute atomic E-state index is 5.16. The number of rotatable bonds is 4. The van der Waals surface area contributed by atoms with Gasteiger partial charge in [0.25, 0.3) is 0 Å². The number of para-hydroxylation sites is 1. The van der Waals surface area contributed by atoms with Gasteiger partial charge in [0, 0.05) is 29.0 Å². The van der Waals surface area contributed by atoms with Crippen molar-refractivity contribution in [2.45, 2.75) is 6.92 Å². The first kappa shape index (κ1) is 28.4. The molecule has 10 aromatic rings. The zero-order valence-corrected chi connectivity index (χ0v) is 27.5. The van der Waals surface area contributed by atoms with Crippen LogP contribution in [0.25, 0.3) is 93.5 Å². The Morgan fingerprint density at radius 3 is 1.90 bits per heavy atom. The van der Waals surface area contributed by atoms with Crippen LogP contribution < -0.4 is 0 Å². The predicted octanol–water partition coefficient (Wildman–Crippen LogP) is 12.3. The third-order valence-corrected chi connectivity index (χ3v) is 10.1. The van der Waals surface area contributed by atoms with E-state index in [2.05, 4.69) is 162 Å². The molecule has 7 aromatic carbocycles. The molecule has 0 amide bonds. The number of pyridine rings is 2. The van der Waals surface area contributed by atoms with Crippen molar-refractivity contribution in [1.29, 1.82) is 0 Å². The van der Waals surface area contributed by atoms with E-state index >= 15 is 0 Å². The van der Waals surface area contributed by atoms with Crippen LogP contribution in [0, 0.1) is 6.92 Å². The van der Waals surface area contributed by atoms with Crippen LogP contribution in [0.2, 0.25) is 0 Å². The van der Waals surface area contributed by atoms with E-state index in [1.165, 1.54) is 60.1 Å². The highest BCUT2D eigenvalue weighted by Gasteiger charge is 2.19. The normalized spacial score (nSPS) is 11.7. The lowest BCUT2D eigenvalue weighted by Gasteiger charge is -2.19. The fourth-order valence-corrected chi connectivity index (χ4v) is 7.83. The first-order valence-electron chi connectivity index (χ1n) is 17.1. The average molecular weight is 638 g/mol. The molecule has 0 aliphatic carbocycles. The zero-order chi connectivity index (χ0) is 33.2.